The fraction of sp³-hybridized carbons (Fsp3) is 0.105. The average molecular weight is 458 g/mol. The minimum Gasteiger partial charge on any atom is -0.296 e. The van der Waals surface area contributed by atoms with Crippen molar-refractivity contribution in [1.82, 2.24) is 15.6 Å². The summed E-state index contributed by atoms with van der Waals surface area (Å²) in [4.78, 5) is 24.1. The number of hydrogen-bond donors (Lipinski definition) is 2. The molecule has 2 N–H and O–H groups in total. The first-order chi connectivity index (χ1) is 13.5. The molecule has 142 valence electrons. The van der Waals surface area contributed by atoms with Crippen LogP contribution in [0.1, 0.15) is 26.5 Å². The highest BCUT2D eigenvalue weighted by molar-refractivity contribution is 9.10. The van der Waals surface area contributed by atoms with Crippen LogP contribution in [0.3, 0.4) is 0 Å². The molecule has 1 heterocycles. The van der Waals surface area contributed by atoms with Crippen LogP contribution in [0.15, 0.2) is 58.1 Å². The van der Waals surface area contributed by atoms with Gasteiger partial charge in [-0.2, -0.15) is 5.10 Å². The van der Waals surface area contributed by atoms with Gasteiger partial charge in [0.15, 0.2) is 0 Å². The van der Waals surface area contributed by atoms with Crippen LogP contribution in [-0.4, -0.2) is 28.2 Å². The second-order valence-electron chi connectivity index (χ2n) is 5.84. The molecule has 2 amide bonds. The van der Waals surface area contributed by atoms with Gasteiger partial charge < -0.3 is 0 Å². The number of carbonyl (C=O) groups is 2. The van der Waals surface area contributed by atoms with Crippen LogP contribution in [0.2, 0.25) is 0 Å². The fourth-order valence-electron chi connectivity index (χ4n) is 2.15. The van der Waals surface area contributed by atoms with Crippen LogP contribution in [0.5, 0.6) is 0 Å². The number of benzene rings is 2. The highest BCUT2D eigenvalue weighted by atomic mass is 79.9. The molecule has 0 unspecified atom stereocenters. The summed E-state index contributed by atoms with van der Waals surface area (Å²) in [5.74, 6) is -0.591. The van der Waals surface area contributed by atoms with Crippen molar-refractivity contribution in [2.24, 2.45) is 5.10 Å². The van der Waals surface area contributed by atoms with Gasteiger partial charge >= 0.3 is 0 Å². The number of anilines is 1. The molecule has 2 aromatic carbocycles. The average Bonchev–Trinajstić information content (AvgIpc) is 3.10. The lowest BCUT2D eigenvalue weighted by molar-refractivity contribution is -0.120. The number of rotatable bonds is 6. The molecular formula is C19H16BrN5O2S. The highest BCUT2D eigenvalue weighted by Crippen LogP contribution is 2.17. The number of hydrogen-bond acceptors (Lipinski definition) is 6. The molecule has 1 aromatic heterocycles. The third-order valence-corrected chi connectivity index (χ3v) is 4.95. The summed E-state index contributed by atoms with van der Waals surface area (Å²) in [5.41, 5.74) is 4.91. The Hall–Kier alpha value is -2.91. The van der Waals surface area contributed by atoms with Crippen molar-refractivity contribution in [3.63, 3.8) is 0 Å². The minimum absolute atomic E-state index is 0.0236. The van der Waals surface area contributed by atoms with Gasteiger partial charge in [0.05, 0.1) is 12.6 Å². The Morgan fingerprint density at radius 3 is 2.54 bits per heavy atom. The van der Waals surface area contributed by atoms with E-state index in [0.29, 0.717) is 15.7 Å². The molecule has 9 heteroatoms. The Bertz CT molecular complexity index is 1000. The second kappa shape index (κ2) is 9.34. The molecule has 0 aliphatic rings. The van der Waals surface area contributed by atoms with E-state index < -0.39 is 0 Å². The van der Waals surface area contributed by atoms with Gasteiger partial charge in [0.25, 0.3) is 5.91 Å². The maximum Gasteiger partial charge on any atom is 0.257 e. The first-order valence-electron chi connectivity index (χ1n) is 8.27. The Morgan fingerprint density at radius 2 is 1.82 bits per heavy atom. The van der Waals surface area contributed by atoms with E-state index in [9.17, 15) is 9.59 Å². The third kappa shape index (κ3) is 5.80. The van der Waals surface area contributed by atoms with Gasteiger partial charge in [0.1, 0.15) is 5.01 Å². The SMILES string of the molecule is Cc1ccc(C(=O)Nc2nnc(CC(=O)NN=Cc3ccc(Br)cc3)s2)cc1. The predicted octanol–water partition coefficient (Wildman–Crippen LogP) is 3.55. The highest BCUT2D eigenvalue weighted by Gasteiger charge is 2.12. The number of aromatic nitrogens is 2. The molecule has 3 rings (SSSR count). The molecule has 0 saturated heterocycles. The van der Waals surface area contributed by atoms with Crippen molar-refractivity contribution in [2.75, 3.05) is 5.32 Å². The first kappa shape index (κ1) is 19.8. The number of carbonyl (C=O) groups excluding carboxylic acids is 2. The number of nitrogens with one attached hydrogen (secondary N) is 2. The topological polar surface area (TPSA) is 96.3 Å². The monoisotopic (exact) mass is 457 g/mol. The number of nitrogens with zero attached hydrogens (tertiary/aromatic N) is 3. The van der Waals surface area contributed by atoms with Gasteiger partial charge in [0, 0.05) is 10.0 Å². The molecule has 0 aliphatic carbocycles. The summed E-state index contributed by atoms with van der Waals surface area (Å²) in [7, 11) is 0. The van der Waals surface area contributed by atoms with Crippen molar-refractivity contribution in [1.29, 1.82) is 0 Å². The molecule has 0 saturated carbocycles. The molecule has 0 atom stereocenters. The van der Waals surface area contributed by atoms with Crippen molar-refractivity contribution < 1.29 is 9.59 Å². The maximum absolute atomic E-state index is 12.2. The van der Waals surface area contributed by atoms with Crippen LogP contribution in [0.4, 0.5) is 5.13 Å². The van der Waals surface area contributed by atoms with E-state index in [0.717, 1.165) is 26.9 Å². The van der Waals surface area contributed by atoms with Gasteiger partial charge in [-0.1, -0.05) is 57.1 Å². The van der Waals surface area contributed by atoms with E-state index in [4.69, 9.17) is 0 Å². The van der Waals surface area contributed by atoms with Gasteiger partial charge in [-0.05, 0) is 36.8 Å². The van der Waals surface area contributed by atoms with Gasteiger partial charge in [0.2, 0.25) is 11.0 Å². The molecule has 0 spiro atoms. The Morgan fingerprint density at radius 1 is 1.11 bits per heavy atom. The molecule has 0 radical (unpaired) electrons. The second-order valence-corrected chi connectivity index (χ2v) is 7.82. The van der Waals surface area contributed by atoms with Gasteiger partial charge in [-0.15, -0.1) is 10.2 Å². The summed E-state index contributed by atoms with van der Waals surface area (Å²) in [6.07, 6.45) is 1.58. The Labute approximate surface area is 174 Å². The maximum atomic E-state index is 12.2. The summed E-state index contributed by atoms with van der Waals surface area (Å²) in [6, 6.07) is 14.7. The van der Waals surface area contributed by atoms with E-state index >= 15 is 0 Å². The van der Waals surface area contributed by atoms with Crippen molar-refractivity contribution in [3.05, 3.63) is 74.7 Å². The summed E-state index contributed by atoms with van der Waals surface area (Å²) < 4.78 is 0.968. The van der Waals surface area contributed by atoms with Crippen molar-refractivity contribution in [2.45, 2.75) is 13.3 Å². The normalized spacial score (nSPS) is 10.8. The van der Waals surface area contributed by atoms with Crippen LogP contribution in [0, 0.1) is 6.92 Å². The third-order valence-electron chi connectivity index (χ3n) is 3.59. The lowest BCUT2D eigenvalue weighted by Gasteiger charge is -2.01. The van der Waals surface area contributed by atoms with E-state index in [1.54, 1.807) is 18.3 Å². The number of hydrazone groups is 1. The molecule has 0 aliphatic heterocycles. The number of aryl methyl sites for hydroxylation is 1. The first-order valence-corrected chi connectivity index (χ1v) is 9.88. The molecule has 3 aromatic rings. The zero-order valence-electron chi connectivity index (χ0n) is 14.8. The zero-order valence-corrected chi connectivity index (χ0v) is 17.3. The summed E-state index contributed by atoms with van der Waals surface area (Å²) in [5, 5.41) is 15.2. The van der Waals surface area contributed by atoms with Crippen molar-refractivity contribution >= 4 is 50.4 Å². The predicted molar refractivity (Wildman–Crippen MR) is 113 cm³/mol. The molecule has 0 fully saturated rings. The summed E-state index contributed by atoms with van der Waals surface area (Å²) >= 11 is 4.50. The van der Waals surface area contributed by atoms with Crippen molar-refractivity contribution in [3.8, 4) is 0 Å². The van der Waals surface area contributed by atoms with Crippen LogP contribution < -0.4 is 10.7 Å². The lowest BCUT2D eigenvalue weighted by Crippen LogP contribution is -2.19. The molecule has 0 bridgehead atoms. The van der Waals surface area contributed by atoms with Crippen LogP contribution in [-0.2, 0) is 11.2 Å². The smallest absolute Gasteiger partial charge is 0.257 e. The van der Waals surface area contributed by atoms with E-state index in [1.807, 2.05) is 43.3 Å². The lowest BCUT2D eigenvalue weighted by atomic mass is 10.1. The minimum atomic E-state index is -0.319. The quantitative estimate of drug-likeness (QED) is 0.436. The standard InChI is InChI=1S/C19H16BrN5O2S/c1-12-2-6-14(7-3-12)18(27)22-19-25-24-17(28-19)10-16(26)23-21-11-13-4-8-15(20)9-5-13/h2-9,11H,10H2,1H3,(H,23,26)(H,22,25,27). The molecular weight excluding hydrogens is 442 g/mol. The van der Waals surface area contributed by atoms with E-state index in [1.165, 1.54) is 0 Å². The Kier molecular flexibility index (Phi) is 6.62. The van der Waals surface area contributed by atoms with Gasteiger partial charge in [-0.3, -0.25) is 14.9 Å². The zero-order chi connectivity index (χ0) is 19.9. The largest absolute Gasteiger partial charge is 0.296 e. The summed E-state index contributed by atoms with van der Waals surface area (Å²) in [6.45, 7) is 1.95. The van der Waals surface area contributed by atoms with E-state index in [2.05, 4.69) is 42.0 Å². The van der Waals surface area contributed by atoms with Crippen LogP contribution in [0.25, 0.3) is 0 Å². The fourth-order valence-corrected chi connectivity index (χ4v) is 3.15. The number of amides is 2. The Balaban J connectivity index is 1.50. The molecule has 7 nitrogen and oxygen atoms in total. The van der Waals surface area contributed by atoms with Gasteiger partial charge in [-0.25, -0.2) is 5.43 Å². The van der Waals surface area contributed by atoms with E-state index in [-0.39, 0.29) is 18.2 Å². The molecule has 28 heavy (non-hydrogen) atoms. The number of halogens is 1. The van der Waals surface area contributed by atoms with Crippen LogP contribution >= 0.6 is 27.3 Å².